The molecule has 0 radical (unpaired) electrons. The number of aromatic amines is 1. The Morgan fingerprint density at radius 2 is 2.13 bits per heavy atom. The van der Waals surface area contributed by atoms with E-state index in [9.17, 15) is 0 Å². The maximum atomic E-state index is 5.92. The summed E-state index contributed by atoms with van der Waals surface area (Å²) in [4.78, 5) is 7.78. The second kappa shape index (κ2) is 3.45. The number of rotatable bonds is 1. The Bertz CT molecular complexity index is 487. The van der Waals surface area contributed by atoms with E-state index in [-0.39, 0.29) is 0 Å². The number of fused-ring (bicyclic) bond motifs is 1. The highest BCUT2D eigenvalue weighted by molar-refractivity contribution is 6.33. The Balaban J connectivity index is 2.09. The molecule has 1 saturated carbocycles. The van der Waals surface area contributed by atoms with Crippen LogP contribution < -0.4 is 0 Å². The van der Waals surface area contributed by atoms with Gasteiger partial charge in [0.2, 0.25) is 0 Å². The normalized spacial score (nSPS) is 17.7. The number of imidazole rings is 1. The van der Waals surface area contributed by atoms with Gasteiger partial charge in [0.15, 0.2) is 5.15 Å². The summed E-state index contributed by atoms with van der Waals surface area (Å²) in [6.45, 7) is 0. The van der Waals surface area contributed by atoms with Crippen molar-refractivity contribution in [3.8, 4) is 0 Å². The van der Waals surface area contributed by atoms with Gasteiger partial charge in [-0.1, -0.05) is 24.4 Å². The van der Waals surface area contributed by atoms with Crippen LogP contribution in [0.1, 0.15) is 37.4 Å². The summed E-state index contributed by atoms with van der Waals surface area (Å²) in [7, 11) is 0. The van der Waals surface area contributed by atoms with Crippen LogP contribution >= 0.6 is 11.6 Å². The van der Waals surface area contributed by atoms with Crippen LogP contribution in [0.25, 0.3) is 11.0 Å². The van der Waals surface area contributed by atoms with E-state index in [0.29, 0.717) is 11.1 Å². The number of nitrogens with one attached hydrogen (secondary N) is 1. The maximum absolute atomic E-state index is 5.92. The molecular formula is C10H11ClN4. The van der Waals surface area contributed by atoms with Gasteiger partial charge in [0.25, 0.3) is 0 Å². The van der Waals surface area contributed by atoms with E-state index in [1.807, 2.05) is 0 Å². The second-order valence-corrected chi connectivity index (χ2v) is 4.36. The minimum atomic E-state index is 0.382. The smallest absolute Gasteiger partial charge is 0.179 e. The lowest BCUT2D eigenvalue weighted by molar-refractivity contribution is 0.681. The first-order chi connectivity index (χ1) is 7.34. The molecule has 0 aliphatic heterocycles. The molecule has 1 fully saturated rings. The Hall–Kier alpha value is -1.16. The summed E-state index contributed by atoms with van der Waals surface area (Å²) >= 11 is 5.92. The van der Waals surface area contributed by atoms with E-state index in [0.717, 1.165) is 16.9 Å². The molecule has 3 rings (SSSR count). The standard InChI is InChI=1S/C10H11ClN4/c11-9-8-7(5-12-15-9)13-10(14-8)6-3-1-2-4-6/h5-6H,1-4H2,(H,13,14). The van der Waals surface area contributed by atoms with E-state index >= 15 is 0 Å². The van der Waals surface area contributed by atoms with Gasteiger partial charge in [-0.2, -0.15) is 5.10 Å². The molecule has 2 heterocycles. The van der Waals surface area contributed by atoms with E-state index in [1.54, 1.807) is 6.20 Å². The summed E-state index contributed by atoms with van der Waals surface area (Å²) < 4.78 is 0. The zero-order chi connectivity index (χ0) is 10.3. The van der Waals surface area contributed by atoms with Gasteiger partial charge in [0.05, 0.1) is 11.7 Å². The minimum Gasteiger partial charge on any atom is -0.340 e. The fraction of sp³-hybridized carbons (Fsp3) is 0.500. The molecule has 1 N–H and O–H groups in total. The van der Waals surface area contributed by atoms with Crippen molar-refractivity contribution in [2.75, 3.05) is 0 Å². The first kappa shape index (κ1) is 9.09. The van der Waals surface area contributed by atoms with Crippen molar-refractivity contribution in [2.24, 2.45) is 0 Å². The predicted octanol–water partition coefficient (Wildman–Crippen LogP) is 2.66. The van der Waals surface area contributed by atoms with E-state index in [4.69, 9.17) is 11.6 Å². The Labute approximate surface area is 92.1 Å². The quantitative estimate of drug-likeness (QED) is 0.807. The molecule has 15 heavy (non-hydrogen) atoms. The summed E-state index contributed by atoms with van der Waals surface area (Å²) in [5.41, 5.74) is 1.63. The molecule has 0 amide bonds. The van der Waals surface area contributed by atoms with Crippen molar-refractivity contribution in [3.63, 3.8) is 0 Å². The van der Waals surface area contributed by atoms with Gasteiger partial charge in [-0.05, 0) is 12.8 Å². The summed E-state index contributed by atoms with van der Waals surface area (Å²) in [5, 5.41) is 7.96. The topological polar surface area (TPSA) is 54.5 Å². The van der Waals surface area contributed by atoms with Gasteiger partial charge in [-0.3, -0.25) is 0 Å². The average molecular weight is 223 g/mol. The first-order valence-electron chi connectivity index (χ1n) is 5.21. The third-order valence-electron chi connectivity index (χ3n) is 3.02. The lowest BCUT2D eigenvalue weighted by atomic mass is 10.1. The fourth-order valence-electron chi connectivity index (χ4n) is 2.23. The van der Waals surface area contributed by atoms with Crippen LogP contribution in [0.15, 0.2) is 6.20 Å². The van der Waals surface area contributed by atoms with E-state index in [1.165, 1.54) is 25.7 Å². The largest absolute Gasteiger partial charge is 0.340 e. The van der Waals surface area contributed by atoms with Gasteiger partial charge in [-0.15, -0.1) is 5.10 Å². The van der Waals surface area contributed by atoms with Crippen molar-refractivity contribution >= 4 is 22.6 Å². The zero-order valence-electron chi connectivity index (χ0n) is 8.20. The SMILES string of the molecule is Clc1nncc2[nH]c(C3CCCC3)nc12. The molecule has 0 unspecified atom stereocenters. The van der Waals surface area contributed by atoms with Crippen molar-refractivity contribution in [1.29, 1.82) is 0 Å². The molecule has 1 aliphatic carbocycles. The molecule has 0 aromatic carbocycles. The molecule has 0 spiro atoms. The predicted molar refractivity (Wildman–Crippen MR) is 57.9 cm³/mol. The third-order valence-corrected chi connectivity index (χ3v) is 3.27. The van der Waals surface area contributed by atoms with Crippen molar-refractivity contribution < 1.29 is 0 Å². The van der Waals surface area contributed by atoms with E-state index in [2.05, 4.69) is 20.2 Å². The molecule has 0 atom stereocenters. The number of aromatic nitrogens is 4. The van der Waals surface area contributed by atoms with Crippen molar-refractivity contribution in [2.45, 2.75) is 31.6 Å². The molecule has 0 bridgehead atoms. The number of nitrogens with zero attached hydrogens (tertiary/aromatic N) is 3. The highest BCUT2D eigenvalue weighted by atomic mass is 35.5. The molecule has 5 heteroatoms. The maximum Gasteiger partial charge on any atom is 0.179 e. The molecule has 1 aliphatic rings. The Morgan fingerprint density at radius 3 is 2.87 bits per heavy atom. The van der Waals surface area contributed by atoms with Crippen molar-refractivity contribution in [3.05, 3.63) is 17.2 Å². The number of halogens is 1. The summed E-state index contributed by atoms with van der Waals surface area (Å²) in [6, 6.07) is 0. The van der Waals surface area contributed by atoms with Gasteiger partial charge in [-0.25, -0.2) is 4.98 Å². The molecule has 4 nitrogen and oxygen atoms in total. The van der Waals surface area contributed by atoms with Crippen LogP contribution in [-0.4, -0.2) is 20.2 Å². The van der Waals surface area contributed by atoms with Gasteiger partial charge in [0.1, 0.15) is 11.3 Å². The third kappa shape index (κ3) is 1.49. The lowest BCUT2D eigenvalue weighted by Crippen LogP contribution is -1.94. The number of H-pyrrole nitrogens is 1. The first-order valence-corrected chi connectivity index (χ1v) is 5.59. The minimum absolute atomic E-state index is 0.382. The average Bonchev–Trinajstić information content (AvgIpc) is 2.86. The van der Waals surface area contributed by atoms with Crippen LogP contribution in [-0.2, 0) is 0 Å². The van der Waals surface area contributed by atoms with Gasteiger partial charge < -0.3 is 4.98 Å². The summed E-state index contributed by atoms with van der Waals surface area (Å²) in [6.07, 6.45) is 6.71. The highest BCUT2D eigenvalue weighted by Gasteiger charge is 2.21. The van der Waals surface area contributed by atoms with Crippen LogP contribution in [0, 0.1) is 0 Å². The summed E-state index contributed by atoms with van der Waals surface area (Å²) in [5.74, 6) is 1.60. The monoisotopic (exact) mass is 222 g/mol. The molecule has 2 aromatic rings. The molecule has 2 aromatic heterocycles. The fourth-order valence-corrected chi connectivity index (χ4v) is 2.42. The van der Waals surface area contributed by atoms with Gasteiger partial charge >= 0.3 is 0 Å². The van der Waals surface area contributed by atoms with Crippen molar-refractivity contribution in [1.82, 2.24) is 20.2 Å². The number of hydrogen-bond donors (Lipinski definition) is 1. The van der Waals surface area contributed by atoms with Crippen LogP contribution in [0.2, 0.25) is 5.15 Å². The Kier molecular flexibility index (Phi) is 2.09. The van der Waals surface area contributed by atoms with Gasteiger partial charge in [0, 0.05) is 5.92 Å². The Morgan fingerprint density at radius 1 is 1.33 bits per heavy atom. The zero-order valence-corrected chi connectivity index (χ0v) is 8.96. The van der Waals surface area contributed by atoms with Crippen LogP contribution in [0.4, 0.5) is 0 Å². The highest BCUT2D eigenvalue weighted by Crippen LogP contribution is 2.33. The second-order valence-electron chi connectivity index (χ2n) is 4.00. The lowest BCUT2D eigenvalue weighted by Gasteiger charge is -2.02. The van der Waals surface area contributed by atoms with E-state index < -0.39 is 0 Å². The molecular weight excluding hydrogens is 212 g/mol. The molecule has 0 saturated heterocycles. The van der Waals surface area contributed by atoms with Crippen LogP contribution in [0.3, 0.4) is 0 Å². The molecule has 78 valence electrons. The number of hydrogen-bond acceptors (Lipinski definition) is 3. The van der Waals surface area contributed by atoms with Crippen LogP contribution in [0.5, 0.6) is 0 Å².